The van der Waals surface area contributed by atoms with Gasteiger partial charge in [-0.3, -0.25) is 4.79 Å². The molecule has 1 aliphatic rings. The van der Waals surface area contributed by atoms with Crippen LogP contribution in [0.4, 0.5) is 0 Å². The first-order chi connectivity index (χ1) is 11.9. The van der Waals surface area contributed by atoms with Crippen molar-refractivity contribution < 1.29 is 14.6 Å². The van der Waals surface area contributed by atoms with Crippen LogP contribution >= 0.6 is 11.3 Å². The maximum Gasteiger partial charge on any atom is 0.308 e. The van der Waals surface area contributed by atoms with E-state index in [0.717, 1.165) is 40.5 Å². The van der Waals surface area contributed by atoms with E-state index in [0.29, 0.717) is 0 Å². The van der Waals surface area contributed by atoms with Gasteiger partial charge in [0.05, 0.1) is 17.9 Å². The number of benzene rings is 1. The summed E-state index contributed by atoms with van der Waals surface area (Å²) in [7, 11) is 0. The summed E-state index contributed by atoms with van der Waals surface area (Å²) >= 11 is 1.44. The lowest BCUT2D eigenvalue weighted by Crippen LogP contribution is -2.27. The number of carboxylic acids is 1. The van der Waals surface area contributed by atoms with Crippen molar-refractivity contribution in [1.29, 1.82) is 0 Å². The highest BCUT2D eigenvalue weighted by Gasteiger charge is 2.29. The van der Waals surface area contributed by atoms with Crippen LogP contribution in [0.25, 0.3) is 0 Å². The normalized spacial score (nSPS) is 14.8. The second kappa shape index (κ2) is 6.93. The van der Waals surface area contributed by atoms with Crippen LogP contribution in [0.15, 0.2) is 24.3 Å². The summed E-state index contributed by atoms with van der Waals surface area (Å²) in [5, 5.41) is 8.87. The molecule has 0 amide bonds. The molecule has 0 unspecified atom stereocenters. The number of carboxylic acid groups (broad SMARTS) is 1. The Morgan fingerprint density at radius 1 is 1.32 bits per heavy atom. The van der Waals surface area contributed by atoms with Crippen LogP contribution in [0, 0.1) is 11.8 Å². The van der Waals surface area contributed by atoms with Crippen LogP contribution in [-0.2, 0) is 23.1 Å². The average molecular weight is 354 g/mol. The summed E-state index contributed by atoms with van der Waals surface area (Å²) in [5.41, 5.74) is 3.53. The third-order valence-corrected chi connectivity index (χ3v) is 5.61. The number of rotatable bonds is 3. The fourth-order valence-corrected chi connectivity index (χ4v) is 3.90. The van der Waals surface area contributed by atoms with E-state index in [-0.39, 0.29) is 11.8 Å². The van der Waals surface area contributed by atoms with E-state index >= 15 is 0 Å². The van der Waals surface area contributed by atoms with Gasteiger partial charge in [0.25, 0.3) is 0 Å². The summed E-state index contributed by atoms with van der Waals surface area (Å²) in [6.07, 6.45) is 1.95. The molecular weight excluding hydrogens is 332 g/mol. The zero-order valence-corrected chi connectivity index (χ0v) is 15.6. The Bertz CT molecular complexity index is 865. The zero-order valence-electron chi connectivity index (χ0n) is 14.8. The van der Waals surface area contributed by atoms with Gasteiger partial charge in [-0.05, 0) is 48.1 Å². The van der Waals surface area contributed by atoms with Gasteiger partial charge in [0.2, 0.25) is 0 Å². The minimum absolute atomic E-state index is 0.0525. The minimum Gasteiger partial charge on any atom is -0.493 e. The molecule has 0 aliphatic carbocycles. The van der Waals surface area contributed by atoms with Gasteiger partial charge in [0.15, 0.2) is 0 Å². The average Bonchev–Trinajstić information content (AvgIpc) is 2.98. The third-order valence-electron chi connectivity index (χ3n) is 4.61. The molecule has 2 heterocycles. The molecule has 1 N–H and O–H groups in total. The van der Waals surface area contributed by atoms with Gasteiger partial charge in [0.1, 0.15) is 5.75 Å². The Balaban J connectivity index is 1.95. The largest absolute Gasteiger partial charge is 0.493 e. The lowest BCUT2D eigenvalue weighted by molar-refractivity contribution is -0.136. The summed E-state index contributed by atoms with van der Waals surface area (Å²) in [6, 6.07) is 8.04. The number of aryl methyl sites for hydroxylation is 1. The molecule has 3 nitrogen and oxygen atoms in total. The number of thiophene rings is 1. The lowest BCUT2D eigenvalue weighted by Gasteiger charge is -2.33. The minimum atomic E-state index is -0.813. The molecule has 0 fully saturated rings. The summed E-state index contributed by atoms with van der Waals surface area (Å²) in [4.78, 5) is 12.5. The SMILES string of the molecule is CCc1cc2c(cc1C#Cc1ccc(CC(=O)O)s1)C(C)(C)CCO2. The fraction of sp³-hybridized carbons (Fsp3) is 0.381. The van der Waals surface area contributed by atoms with Crippen molar-refractivity contribution in [2.24, 2.45) is 0 Å². The van der Waals surface area contributed by atoms with Gasteiger partial charge in [0, 0.05) is 16.0 Å². The predicted octanol–water partition coefficient (Wildman–Crippen LogP) is 4.40. The Labute approximate surface area is 152 Å². The van der Waals surface area contributed by atoms with Gasteiger partial charge in [-0.2, -0.15) is 0 Å². The molecule has 1 aliphatic heterocycles. The standard InChI is InChI=1S/C21H22O3S/c1-4-14-12-19-18(21(2,3)9-10-24-19)11-15(14)5-6-16-7-8-17(25-16)13-20(22)23/h7-8,11-12H,4,9-10,13H2,1-3H3,(H,22,23). The molecule has 4 heteroatoms. The van der Waals surface area contributed by atoms with E-state index in [9.17, 15) is 4.79 Å². The Kier molecular flexibility index (Phi) is 4.87. The van der Waals surface area contributed by atoms with Gasteiger partial charge >= 0.3 is 5.97 Å². The van der Waals surface area contributed by atoms with Crippen LogP contribution in [-0.4, -0.2) is 17.7 Å². The van der Waals surface area contributed by atoms with Crippen LogP contribution in [0.3, 0.4) is 0 Å². The molecule has 0 radical (unpaired) electrons. The highest BCUT2D eigenvalue weighted by Crippen LogP contribution is 2.39. The number of carbonyl (C=O) groups is 1. The first-order valence-electron chi connectivity index (χ1n) is 8.52. The predicted molar refractivity (Wildman–Crippen MR) is 101 cm³/mol. The van der Waals surface area contributed by atoms with Crippen molar-refractivity contribution >= 4 is 17.3 Å². The molecule has 0 atom stereocenters. The van der Waals surface area contributed by atoms with E-state index in [1.165, 1.54) is 22.5 Å². The van der Waals surface area contributed by atoms with E-state index < -0.39 is 5.97 Å². The quantitative estimate of drug-likeness (QED) is 0.831. The molecule has 130 valence electrons. The molecule has 0 saturated heterocycles. The lowest BCUT2D eigenvalue weighted by atomic mass is 9.78. The van der Waals surface area contributed by atoms with Gasteiger partial charge < -0.3 is 9.84 Å². The Morgan fingerprint density at radius 2 is 2.12 bits per heavy atom. The van der Waals surface area contributed by atoms with Crippen LogP contribution in [0.2, 0.25) is 0 Å². The van der Waals surface area contributed by atoms with E-state index in [1.807, 2.05) is 12.1 Å². The second-order valence-corrected chi connectivity index (χ2v) is 8.10. The summed E-state index contributed by atoms with van der Waals surface area (Å²) < 4.78 is 5.86. The fourth-order valence-electron chi connectivity index (χ4n) is 3.05. The first-order valence-corrected chi connectivity index (χ1v) is 9.33. The van der Waals surface area contributed by atoms with E-state index in [2.05, 4.69) is 44.7 Å². The number of fused-ring (bicyclic) bond motifs is 1. The smallest absolute Gasteiger partial charge is 0.308 e. The molecule has 1 aromatic heterocycles. The first kappa shape index (κ1) is 17.6. The monoisotopic (exact) mass is 354 g/mol. The van der Waals surface area contributed by atoms with Crippen molar-refractivity contribution in [2.45, 2.75) is 45.4 Å². The Morgan fingerprint density at radius 3 is 2.84 bits per heavy atom. The molecule has 0 spiro atoms. The van der Waals surface area contributed by atoms with Crippen LogP contribution in [0.1, 0.15) is 53.6 Å². The van der Waals surface area contributed by atoms with E-state index in [4.69, 9.17) is 9.84 Å². The number of ether oxygens (including phenoxy) is 1. The topological polar surface area (TPSA) is 46.5 Å². The van der Waals surface area contributed by atoms with E-state index in [1.54, 1.807) is 0 Å². The molecule has 0 saturated carbocycles. The molecule has 2 aromatic rings. The molecule has 25 heavy (non-hydrogen) atoms. The van der Waals surface area contributed by atoms with Crippen molar-refractivity contribution in [3.8, 4) is 17.6 Å². The second-order valence-electron chi connectivity index (χ2n) is 6.93. The molecule has 3 rings (SSSR count). The molecule has 1 aromatic carbocycles. The van der Waals surface area contributed by atoms with Crippen molar-refractivity contribution in [2.75, 3.05) is 6.61 Å². The van der Waals surface area contributed by atoms with Crippen LogP contribution < -0.4 is 4.74 Å². The molecule has 0 bridgehead atoms. The highest BCUT2D eigenvalue weighted by molar-refractivity contribution is 7.12. The molecular formula is C21H22O3S. The van der Waals surface area contributed by atoms with Gasteiger partial charge in [-0.15, -0.1) is 11.3 Å². The van der Waals surface area contributed by atoms with Crippen LogP contribution in [0.5, 0.6) is 5.75 Å². The van der Waals surface area contributed by atoms with Crippen molar-refractivity contribution in [3.05, 3.63) is 50.7 Å². The number of hydrogen-bond acceptors (Lipinski definition) is 3. The Hall–Kier alpha value is -2.25. The highest BCUT2D eigenvalue weighted by atomic mass is 32.1. The van der Waals surface area contributed by atoms with Gasteiger partial charge in [-0.1, -0.05) is 32.6 Å². The maximum absolute atomic E-state index is 10.8. The number of hydrogen-bond donors (Lipinski definition) is 1. The summed E-state index contributed by atoms with van der Waals surface area (Å²) in [5.74, 6) is 6.66. The number of aliphatic carboxylic acids is 1. The van der Waals surface area contributed by atoms with Crippen molar-refractivity contribution in [1.82, 2.24) is 0 Å². The van der Waals surface area contributed by atoms with Crippen molar-refractivity contribution in [3.63, 3.8) is 0 Å². The zero-order chi connectivity index (χ0) is 18.0. The third kappa shape index (κ3) is 3.88. The maximum atomic E-state index is 10.8. The summed E-state index contributed by atoms with van der Waals surface area (Å²) in [6.45, 7) is 7.37. The van der Waals surface area contributed by atoms with Gasteiger partial charge in [-0.25, -0.2) is 0 Å².